The molecule has 3 unspecified atom stereocenters. The van der Waals surface area contributed by atoms with E-state index in [9.17, 15) is 9.90 Å². The number of allylic oxidation sites excluding steroid dienone is 1. The Morgan fingerprint density at radius 1 is 0.870 bits per heavy atom. The predicted octanol–water partition coefficient (Wildman–Crippen LogP) is 10.0. The molecule has 6 rings (SSSR count). The summed E-state index contributed by atoms with van der Waals surface area (Å²) in [4.78, 5) is 13.3. The van der Waals surface area contributed by atoms with Crippen molar-refractivity contribution in [3.63, 3.8) is 0 Å². The first kappa shape index (κ1) is 35.0. The summed E-state index contributed by atoms with van der Waals surface area (Å²) < 4.78 is 12.6. The standard InChI is InChI=1S/C42H70O4/c1-26(2)29-12-11-28(5)23-32(29)45-24-36(44)46-25-42-20-15-30(27(3)4)37(42)31-13-14-34-39(8)18-17-35(43)38(6,7)33(39)16-19-41(34,10)40(31,9)21-22-42/h26,28-35,37,43H,3,11-25H2,1-2,4-10H3/t28-,29+,30-,31?,32-,33-,34?,35-,37?,39-,40+,41+,42+/m0/s1. The van der Waals surface area contributed by atoms with Gasteiger partial charge in [0.25, 0.3) is 0 Å². The quantitative estimate of drug-likeness (QED) is 0.223. The van der Waals surface area contributed by atoms with Crippen molar-refractivity contribution in [1.82, 2.24) is 0 Å². The van der Waals surface area contributed by atoms with E-state index in [1.165, 1.54) is 63.4 Å². The van der Waals surface area contributed by atoms with Crippen LogP contribution >= 0.6 is 0 Å². The van der Waals surface area contributed by atoms with Gasteiger partial charge < -0.3 is 14.6 Å². The van der Waals surface area contributed by atoms with Crippen molar-refractivity contribution < 1.29 is 19.4 Å². The average Bonchev–Trinajstić information content (AvgIpc) is 3.38. The lowest BCUT2D eigenvalue weighted by molar-refractivity contribution is -0.250. The van der Waals surface area contributed by atoms with Gasteiger partial charge in [0.15, 0.2) is 0 Å². The van der Waals surface area contributed by atoms with Gasteiger partial charge in [-0.3, -0.25) is 0 Å². The Bertz CT molecular complexity index is 1160. The molecule has 0 radical (unpaired) electrons. The summed E-state index contributed by atoms with van der Waals surface area (Å²) in [5.74, 6) is 4.60. The van der Waals surface area contributed by atoms with E-state index in [-0.39, 0.29) is 41.0 Å². The molecule has 6 aliphatic rings. The van der Waals surface area contributed by atoms with Gasteiger partial charge in [-0.1, -0.05) is 74.0 Å². The van der Waals surface area contributed by atoms with Crippen LogP contribution < -0.4 is 0 Å². The molecule has 0 bridgehead atoms. The number of hydrogen-bond donors (Lipinski definition) is 1. The molecule has 4 heteroatoms. The third-order valence-electron chi connectivity index (χ3n) is 17.1. The number of carbonyl (C=O) groups excluding carboxylic acids is 1. The summed E-state index contributed by atoms with van der Waals surface area (Å²) in [5, 5.41) is 11.1. The zero-order valence-electron chi connectivity index (χ0n) is 31.3. The number of ether oxygens (including phenoxy) is 2. The zero-order valence-corrected chi connectivity index (χ0v) is 31.3. The van der Waals surface area contributed by atoms with Gasteiger partial charge in [0.1, 0.15) is 6.61 Å². The van der Waals surface area contributed by atoms with E-state index in [4.69, 9.17) is 9.47 Å². The van der Waals surface area contributed by atoms with Crippen molar-refractivity contribution in [2.24, 2.45) is 74.4 Å². The van der Waals surface area contributed by atoms with Crippen molar-refractivity contribution in [2.75, 3.05) is 13.2 Å². The Hall–Kier alpha value is -0.870. The van der Waals surface area contributed by atoms with Gasteiger partial charge in [-0.05, 0) is 153 Å². The summed E-state index contributed by atoms with van der Waals surface area (Å²) in [7, 11) is 0. The molecule has 6 saturated carbocycles. The van der Waals surface area contributed by atoms with Gasteiger partial charge >= 0.3 is 5.97 Å². The van der Waals surface area contributed by atoms with Crippen molar-refractivity contribution in [3.05, 3.63) is 12.2 Å². The second-order valence-corrected chi connectivity index (χ2v) is 19.8. The summed E-state index contributed by atoms with van der Waals surface area (Å²) in [6, 6.07) is 0. The molecule has 0 heterocycles. The van der Waals surface area contributed by atoms with E-state index >= 15 is 0 Å². The number of carbonyl (C=O) groups is 1. The largest absolute Gasteiger partial charge is 0.463 e. The maximum Gasteiger partial charge on any atom is 0.332 e. The SMILES string of the molecule is C=C(C)[C@@H]1CC[C@]2(COC(=O)CO[C@H]3C[C@@H](C)CC[C@@H]3C(C)C)CC[C@]3(C)C(CCC4[C@@]5(C)CC[C@H](O)C(C)(C)[C@@H]5CC[C@]43C)C12. The molecule has 1 N–H and O–H groups in total. The first-order valence-corrected chi connectivity index (χ1v) is 19.6. The molecule has 262 valence electrons. The Labute approximate surface area is 282 Å². The van der Waals surface area contributed by atoms with Crippen LogP contribution in [0.3, 0.4) is 0 Å². The highest BCUT2D eigenvalue weighted by molar-refractivity contribution is 5.70. The summed E-state index contributed by atoms with van der Waals surface area (Å²) in [5.41, 5.74) is 2.24. The zero-order chi connectivity index (χ0) is 33.4. The highest BCUT2D eigenvalue weighted by Crippen LogP contribution is 2.77. The molecule has 0 spiro atoms. The van der Waals surface area contributed by atoms with Gasteiger partial charge in [-0.25, -0.2) is 4.79 Å². The third-order valence-corrected chi connectivity index (χ3v) is 17.1. The van der Waals surface area contributed by atoms with Gasteiger partial charge in [0, 0.05) is 5.41 Å². The lowest BCUT2D eigenvalue weighted by Gasteiger charge is -2.73. The smallest absolute Gasteiger partial charge is 0.332 e. The van der Waals surface area contributed by atoms with Crippen LogP contribution in [0, 0.1) is 74.4 Å². The fraction of sp³-hybridized carbons (Fsp3) is 0.929. The molecule has 6 fully saturated rings. The van der Waals surface area contributed by atoms with Crippen molar-refractivity contribution >= 4 is 5.97 Å². The van der Waals surface area contributed by atoms with Crippen LogP contribution in [0.15, 0.2) is 12.2 Å². The monoisotopic (exact) mass is 639 g/mol. The Kier molecular flexibility index (Phi) is 9.25. The van der Waals surface area contributed by atoms with Crippen molar-refractivity contribution in [2.45, 2.75) is 158 Å². The number of rotatable bonds is 7. The number of esters is 1. The van der Waals surface area contributed by atoms with Gasteiger partial charge in [0.2, 0.25) is 0 Å². The van der Waals surface area contributed by atoms with Gasteiger partial charge in [-0.15, -0.1) is 0 Å². The number of fused-ring (bicyclic) bond motifs is 7. The molecule has 4 nitrogen and oxygen atoms in total. The van der Waals surface area contributed by atoms with Crippen LogP contribution in [0.5, 0.6) is 0 Å². The van der Waals surface area contributed by atoms with E-state index < -0.39 is 0 Å². The molecule has 0 aliphatic heterocycles. The highest BCUT2D eigenvalue weighted by Gasteiger charge is 2.71. The number of aliphatic hydroxyl groups is 1. The molecular weight excluding hydrogens is 568 g/mol. The van der Waals surface area contributed by atoms with E-state index in [2.05, 4.69) is 68.9 Å². The maximum atomic E-state index is 13.3. The van der Waals surface area contributed by atoms with Crippen molar-refractivity contribution in [1.29, 1.82) is 0 Å². The maximum absolute atomic E-state index is 13.3. The average molecular weight is 639 g/mol. The van der Waals surface area contributed by atoms with Crippen LogP contribution in [0.4, 0.5) is 0 Å². The van der Waals surface area contributed by atoms with Crippen molar-refractivity contribution in [3.8, 4) is 0 Å². The number of hydrogen-bond acceptors (Lipinski definition) is 4. The predicted molar refractivity (Wildman–Crippen MR) is 187 cm³/mol. The third kappa shape index (κ3) is 5.30. The molecule has 0 aromatic carbocycles. The van der Waals surface area contributed by atoms with E-state index in [1.54, 1.807) is 0 Å². The second-order valence-electron chi connectivity index (χ2n) is 19.8. The van der Waals surface area contributed by atoms with Crippen LogP contribution in [0.1, 0.15) is 146 Å². The molecule has 46 heavy (non-hydrogen) atoms. The molecule has 0 aromatic heterocycles. The summed E-state index contributed by atoms with van der Waals surface area (Å²) in [6.07, 6.45) is 15.5. The molecular formula is C42H70O4. The number of aliphatic hydroxyl groups excluding tert-OH is 1. The second kappa shape index (κ2) is 12.2. The van der Waals surface area contributed by atoms with Gasteiger partial charge in [0.05, 0.1) is 18.8 Å². The Balaban J connectivity index is 1.20. The first-order valence-electron chi connectivity index (χ1n) is 19.6. The van der Waals surface area contributed by atoms with Gasteiger partial charge in [-0.2, -0.15) is 0 Å². The minimum absolute atomic E-state index is 0.0111. The van der Waals surface area contributed by atoms with E-state index in [1.807, 2.05) is 0 Å². The van der Waals surface area contributed by atoms with Crippen LogP contribution in [0.2, 0.25) is 0 Å². The fourth-order valence-electron chi connectivity index (χ4n) is 14.3. The summed E-state index contributed by atoms with van der Waals surface area (Å²) in [6.45, 7) is 27.1. The molecule has 6 aliphatic carbocycles. The van der Waals surface area contributed by atoms with E-state index in [0.29, 0.717) is 64.8 Å². The Morgan fingerprint density at radius 2 is 1.61 bits per heavy atom. The first-order chi connectivity index (χ1) is 21.5. The minimum Gasteiger partial charge on any atom is -0.463 e. The topological polar surface area (TPSA) is 55.8 Å². The van der Waals surface area contributed by atoms with Crippen LogP contribution in [-0.2, 0) is 14.3 Å². The highest BCUT2D eigenvalue weighted by atomic mass is 16.6. The molecule has 0 amide bonds. The fourth-order valence-corrected chi connectivity index (χ4v) is 14.3. The molecule has 0 saturated heterocycles. The minimum atomic E-state index is -0.178. The lowest BCUT2D eigenvalue weighted by atomic mass is 9.32. The Morgan fingerprint density at radius 3 is 2.30 bits per heavy atom. The normalized spacial score (nSPS) is 49.8. The van der Waals surface area contributed by atoms with Crippen LogP contribution in [0.25, 0.3) is 0 Å². The molecule has 13 atom stereocenters. The lowest BCUT2D eigenvalue weighted by Crippen LogP contribution is -2.66. The molecule has 0 aromatic rings. The van der Waals surface area contributed by atoms with Crippen LogP contribution in [-0.4, -0.2) is 36.5 Å². The van der Waals surface area contributed by atoms with E-state index in [0.717, 1.165) is 25.7 Å². The summed E-state index contributed by atoms with van der Waals surface area (Å²) >= 11 is 0.